The molecular formula is C17H22N2O3. The van der Waals surface area contributed by atoms with Crippen LogP contribution in [0.5, 0.6) is 0 Å². The van der Waals surface area contributed by atoms with Crippen molar-refractivity contribution in [3.8, 4) is 0 Å². The number of amides is 1. The van der Waals surface area contributed by atoms with E-state index in [0.717, 1.165) is 28.7 Å². The molecule has 0 bridgehead atoms. The number of fused-ring (bicyclic) bond motifs is 3. The second-order valence-corrected chi connectivity index (χ2v) is 6.74. The van der Waals surface area contributed by atoms with Crippen LogP contribution in [0.4, 0.5) is 4.79 Å². The molecule has 5 heteroatoms. The zero-order valence-corrected chi connectivity index (χ0v) is 13.3. The fraction of sp³-hybridized carbons (Fsp3) is 0.471. The van der Waals surface area contributed by atoms with Crippen LogP contribution in [0.3, 0.4) is 0 Å². The molecule has 0 saturated heterocycles. The standard InChI is InChI=1S/C17H22N2O3/c1-17(2,3)22-16(21)18-6-7-19-14(10-18)9-13-8-12(11-20)4-5-15(13)19/h4-5,8-9,20H,6-7,10-11H2,1-3H3. The molecule has 118 valence electrons. The van der Waals surface area contributed by atoms with Crippen molar-refractivity contribution in [3.63, 3.8) is 0 Å². The van der Waals surface area contributed by atoms with Gasteiger partial charge in [0.2, 0.25) is 0 Å². The summed E-state index contributed by atoms with van der Waals surface area (Å²) in [6.07, 6.45) is -0.264. The van der Waals surface area contributed by atoms with Gasteiger partial charge in [0, 0.05) is 29.7 Å². The number of aliphatic hydroxyl groups is 1. The number of carbonyl (C=O) groups excluding carboxylic acids is 1. The Morgan fingerprint density at radius 3 is 2.73 bits per heavy atom. The first-order valence-corrected chi connectivity index (χ1v) is 7.57. The van der Waals surface area contributed by atoms with Crippen molar-refractivity contribution < 1.29 is 14.6 Å². The van der Waals surface area contributed by atoms with E-state index in [1.165, 1.54) is 0 Å². The van der Waals surface area contributed by atoms with Crippen molar-refractivity contribution in [1.29, 1.82) is 0 Å². The molecular weight excluding hydrogens is 280 g/mol. The average Bonchev–Trinajstić information content (AvgIpc) is 2.81. The summed E-state index contributed by atoms with van der Waals surface area (Å²) in [5, 5.41) is 10.4. The maximum absolute atomic E-state index is 12.2. The Bertz CT molecular complexity index is 712. The second-order valence-electron chi connectivity index (χ2n) is 6.74. The molecule has 3 rings (SSSR count). The Balaban J connectivity index is 1.85. The van der Waals surface area contributed by atoms with Crippen LogP contribution in [0.25, 0.3) is 10.9 Å². The van der Waals surface area contributed by atoms with E-state index in [-0.39, 0.29) is 12.7 Å². The van der Waals surface area contributed by atoms with Crippen LogP contribution >= 0.6 is 0 Å². The van der Waals surface area contributed by atoms with E-state index in [4.69, 9.17) is 4.74 Å². The molecule has 1 aliphatic rings. The molecule has 0 spiro atoms. The molecule has 22 heavy (non-hydrogen) atoms. The highest BCUT2D eigenvalue weighted by Gasteiger charge is 2.26. The zero-order chi connectivity index (χ0) is 15.9. The Morgan fingerprint density at radius 1 is 1.27 bits per heavy atom. The van der Waals surface area contributed by atoms with Gasteiger partial charge in [0.25, 0.3) is 0 Å². The van der Waals surface area contributed by atoms with E-state index in [1.807, 2.05) is 39.0 Å². The van der Waals surface area contributed by atoms with Crippen molar-refractivity contribution in [3.05, 3.63) is 35.5 Å². The summed E-state index contributed by atoms with van der Waals surface area (Å²) in [4.78, 5) is 13.9. The smallest absolute Gasteiger partial charge is 0.410 e. The Kier molecular flexibility index (Phi) is 3.60. The average molecular weight is 302 g/mol. The number of nitrogens with zero attached hydrogens (tertiary/aromatic N) is 2. The van der Waals surface area contributed by atoms with Gasteiger partial charge in [-0.3, -0.25) is 0 Å². The van der Waals surface area contributed by atoms with E-state index in [0.29, 0.717) is 13.1 Å². The molecule has 1 aliphatic heterocycles. The van der Waals surface area contributed by atoms with Crippen LogP contribution < -0.4 is 0 Å². The van der Waals surface area contributed by atoms with Crippen molar-refractivity contribution in [2.45, 2.75) is 46.1 Å². The molecule has 0 aliphatic carbocycles. The van der Waals surface area contributed by atoms with Gasteiger partial charge in [-0.05, 0) is 44.5 Å². The lowest BCUT2D eigenvalue weighted by atomic mass is 10.1. The number of hydrogen-bond acceptors (Lipinski definition) is 3. The summed E-state index contributed by atoms with van der Waals surface area (Å²) in [5.41, 5.74) is 2.68. The van der Waals surface area contributed by atoms with E-state index < -0.39 is 5.60 Å². The summed E-state index contributed by atoms with van der Waals surface area (Å²) >= 11 is 0. The highest BCUT2D eigenvalue weighted by molar-refractivity contribution is 5.82. The molecule has 1 N–H and O–H groups in total. The van der Waals surface area contributed by atoms with Gasteiger partial charge in [0.1, 0.15) is 5.60 Å². The molecule has 0 saturated carbocycles. The quantitative estimate of drug-likeness (QED) is 0.881. The van der Waals surface area contributed by atoms with Gasteiger partial charge >= 0.3 is 6.09 Å². The lowest BCUT2D eigenvalue weighted by Crippen LogP contribution is -2.41. The maximum atomic E-state index is 12.2. The minimum atomic E-state index is -0.475. The summed E-state index contributed by atoms with van der Waals surface area (Å²) in [6.45, 7) is 7.63. The number of aliphatic hydroxyl groups excluding tert-OH is 1. The third kappa shape index (κ3) is 2.81. The van der Waals surface area contributed by atoms with Crippen molar-refractivity contribution in [1.82, 2.24) is 9.47 Å². The number of benzene rings is 1. The van der Waals surface area contributed by atoms with Gasteiger partial charge in [0.15, 0.2) is 0 Å². The van der Waals surface area contributed by atoms with Crippen LogP contribution in [0.15, 0.2) is 24.3 Å². The molecule has 0 unspecified atom stereocenters. The Morgan fingerprint density at radius 2 is 2.05 bits per heavy atom. The van der Waals surface area contributed by atoms with E-state index >= 15 is 0 Å². The molecule has 1 aromatic carbocycles. The lowest BCUT2D eigenvalue weighted by Gasteiger charge is -2.31. The number of hydrogen-bond donors (Lipinski definition) is 1. The largest absolute Gasteiger partial charge is 0.444 e. The minimum Gasteiger partial charge on any atom is -0.444 e. The Hall–Kier alpha value is -2.01. The predicted octanol–water partition coefficient (Wildman–Crippen LogP) is 2.88. The first-order chi connectivity index (χ1) is 10.4. The van der Waals surface area contributed by atoms with Crippen molar-refractivity contribution in [2.75, 3.05) is 6.54 Å². The fourth-order valence-corrected chi connectivity index (χ4v) is 2.85. The molecule has 2 aromatic rings. The predicted molar refractivity (Wildman–Crippen MR) is 84.5 cm³/mol. The van der Waals surface area contributed by atoms with Gasteiger partial charge < -0.3 is 19.3 Å². The third-order valence-corrected chi connectivity index (χ3v) is 3.83. The number of rotatable bonds is 1. The first-order valence-electron chi connectivity index (χ1n) is 7.57. The fourth-order valence-electron chi connectivity index (χ4n) is 2.85. The monoisotopic (exact) mass is 302 g/mol. The van der Waals surface area contributed by atoms with Crippen molar-refractivity contribution >= 4 is 17.0 Å². The van der Waals surface area contributed by atoms with E-state index in [1.54, 1.807) is 4.90 Å². The number of ether oxygens (including phenoxy) is 1. The van der Waals surface area contributed by atoms with Crippen molar-refractivity contribution in [2.24, 2.45) is 0 Å². The first kappa shape index (κ1) is 14.9. The van der Waals surface area contributed by atoms with Crippen LogP contribution in [0, 0.1) is 0 Å². The summed E-state index contributed by atoms with van der Waals surface area (Å²) in [5.74, 6) is 0. The number of carbonyl (C=O) groups is 1. The molecule has 5 nitrogen and oxygen atoms in total. The normalized spacial score (nSPS) is 15.0. The Labute approximate surface area is 130 Å². The molecule has 0 fully saturated rings. The van der Waals surface area contributed by atoms with Gasteiger partial charge in [-0.15, -0.1) is 0 Å². The summed E-state index contributed by atoms with van der Waals surface area (Å²) < 4.78 is 7.68. The zero-order valence-electron chi connectivity index (χ0n) is 13.3. The van der Waals surface area contributed by atoms with E-state index in [9.17, 15) is 9.90 Å². The van der Waals surface area contributed by atoms with Gasteiger partial charge in [-0.1, -0.05) is 6.07 Å². The number of aromatic nitrogens is 1. The highest BCUT2D eigenvalue weighted by Crippen LogP contribution is 2.26. The van der Waals surface area contributed by atoms with Crippen LogP contribution in [-0.4, -0.2) is 32.8 Å². The molecule has 0 radical (unpaired) electrons. The second kappa shape index (κ2) is 5.32. The van der Waals surface area contributed by atoms with Crippen LogP contribution in [0.2, 0.25) is 0 Å². The van der Waals surface area contributed by atoms with Gasteiger partial charge in [-0.25, -0.2) is 4.79 Å². The van der Waals surface area contributed by atoms with Crippen LogP contribution in [-0.2, 0) is 24.4 Å². The van der Waals surface area contributed by atoms with Gasteiger partial charge in [-0.2, -0.15) is 0 Å². The molecule has 0 atom stereocenters. The van der Waals surface area contributed by atoms with Gasteiger partial charge in [0.05, 0.1) is 13.2 Å². The maximum Gasteiger partial charge on any atom is 0.410 e. The minimum absolute atomic E-state index is 0.0421. The lowest BCUT2D eigenvalue weighted by molar-refractivity contribution is 0.0200. The highest BCUT2D eigenvalue weighted by atomic mass is 16.6. The van der Waals surface area contributed by atoms with Crippen LogP contribution in [0.1, 0.15) is 32.0 Å². The third-order valence-electron chi connectivity index (χ3n) is 3.83. The molecule has 1 aromatic heterocycles. The molecule has 2 heterocycles. The molecule has 1 amide bonds. The van der Waals surface area contributed by atoms with E-state index in [2.05, 4.69) is 10.6 Å². The topological polar surface area (TPSA) is 54.7 Å². The SMILES string of the molecule is CC(C)(C)OC(=O)N1CCn2c(cc3cc(CO)ccc32)C1. The summed E-state index contributed by atoms with van der Waals surface area (Å²) in [6, 6.07) is 8.06. The summed E-state index contributed by atoms with van der Waals surface area (Å²) in [7, 11) is 0.